The molecule has 0 aliphatic carbocycles. The Morgan fingerprint density at radius 2 is 0.853 bits per heavy atom. The summed E-state index contributed by atoms with van der Waals surface area (Å²) in [5.74, 6) is 1.96. The molecule has 0 heterocycles. The van der Waals surface area contributed by atoms with E-state index in [4.69, 9.17) is 9.47 Å². The van der Waals surface area contributed by atoms with E-state index in [-0.39, 0.29) is 0 Å². The van der Waals surface area contributed by atoms with Crippen LogP contribution in [0.3, 0.4) is 0 Å². The summed E-state index contributed by atoms with van der Waals surface area (Å²) >= 11 is 0. The number of ether oxygens (including phenoxy) is 2. The Labute approximate surface area is 206 Å². The molecule has 0 fully saturated rings. The van der Waals surface area contributed by atoms with Gasteiger partial charge in [-0.1, -0.05) is 96.1 Å². The first kappa shape index (κ1) is 24.5. The molecular formula is C30H32O2P2. The van der Waals surface area contributed by atoms with Gasteiger partial charge in [-0.3, -0.25) is 0 Å². The smallest absolute Gasteiger partial charge is 0.126 e. The fourth-order valence-electron chi connectivity index (χ4n) is 4.13. The summed E-state index contributed by atoms with van der Waals surface area (Å²) in [6.07, 6.45) is 2.16. The highest BCUT2D eigenvalue weighted by molar-refractivity contribution is 7.76. The Bertz CT molecular complexity index is 1110. The van der Waals surface area contributed by atoms with Crippen LogP contribution in [0.4, 0.5) is 0 Å². The molecule has 174 valence electrons. The van der Waals surface area contributed by atoms with Gasteiger partial charge in [0.1, 0.15) is 11.5 Å². The van der Waals surface area contributed by atoms with Gasteiger partial charge in [-0.15, -0.1) is 0 Å². The van der Waals surface area contributed by atoms with Gasteiger partial charge in [0.05, 0.1) is 14.2 Å². The molecule has 0 aliphatic rings. The predicted octanol–water partition coefficient (Wildman–Crippen LogP) is 5.89. The second-order valence-electron chi connectivity index (χ2n) is 8.32. The van der Waals surface area contributed by atoms with Crippen molar-refractivity contribution in [1.82, 2.24) is 0 Å². The highest BCUT2D eigenvalue weighted by Gasteiger charge is 2.23. The third kappa shape index (κ3) is 5.69. The first-order valence-electron chi connectivity index (χ1n) is 11.5. The Kier molecular flexibility index (Phi) is 8.39. The summed E-state index contributed by atoms with van der Waals surface area (Å²) in [5, 5.41) is 5.40. The normalized spacial score (nSPS) is 12.7. The molecule has 0 aromatic heterocycles. The number of hydrogen-bond acceptors (Lipinski definition) is 2. The Hall–Kier alpha value is -2.66. The van der Waals surface area contributed by atoms with E-state index in [9.17, 15) is 0 Å². The van der Waals surface area contributed by atoms with E-state index < -0.39 is 15.8 Å². The standard InChI is InChI=1S/C30H32O2P2/c1-23-13-17-25(18-14-23)33(29-11-7-5-9-27(29)31-3)21-22-34(26-19-15-24(2)16-20-26)30-12-8-6-10-28(30)32-4/h5-20H,21-22H2,1-4H3. The molecule has 0 saturated heterocycles. The summed E-state index contributed by atoms with van der Waals surface area (Å²) in [5.41, 5.74) is 2.57. The van der Waals surface area contributed by atoms with Crippen LogP contribution >= 0.6 is 15.8 Å². The maximum absolute atomic E-state index is 5.80. The van der Waals surface area contributed by atoms with Gasteiger partial charge in [-0.2, -0.15) is 0 Å². The van der Waals surface area contributed by atoms with Crippen molar-refractivity contribution in [2.24, 2.45) is 0 Å². The third-order valence-electron chi connectivity index (χ3n) is 5.99. The summed E-state index contributed by atoms with van der Waals surface area (Å²) in [6.45, 7) is 4.29. The van der Waals surface area contributed by atoms with Gasteiger partial charge in [0.25, 0.3) is 0 Å². The van der Waals surface area contributed by atoms with E-state index >= 15 is 0 Å². The van der Waals surface area contributed by atoms with Gasteiger partial charge >= 0.3 is 0 Å². The average Bonchev–Trinajstić information content (AvgIpc) is 2.88. The van der Waals surface area contributed by atoms with Crippen molar-refractivity contribution in [1.29, 1.82) is 0 Å². The second-order valence-corrected chi connectivity index (χ2v) is 12.9. The Morgan fingerprint density at radius 1 is 0.500 bits per heavy atom. The summed E-state index contributed by atoms with van der Waals surface area (Å²) in [7, 11) is 2.40. The van der Waals surface area contributed by atoms with Crippen molar-refractivity contribution >= 4 is 37.1 Å². The average molecular weight is 487 g/mol. The van der Waals surface area contributed by atoms with E-state index in [0.29, 0.717) is 0 Å². The van der Waals surface area contributed by atoms with Gasteiger partial charge in [-0.25, -0.2) is 0 Å². The van der Waals surface area contributed by atoms with E-state index in [2.05, 4.69) is 111 Å². The van der Waals surface area contributed by atoms with Crippen LogP contribution < -0.4 is 30.7 Å². The molecule has 0 saturated carbocycles. The van der Waals surface area contributed by atoms with Crippen LogP contribution in [-0.4, -0.2) is 26.5 Å². The number of aryl methyl sites for hydroxylation is 2. The largest absolute Gasteiger partial charge is 0.496 e. The highest BCUT2D eigenvalue weighted by atomic mass is 31.1. The van der Waals surface area contributed by atoms with Crippen LogP contribution in [0.2, 0.25) is 0 Å². The summed E-state index contributed by atoms with van der Waals surface area (Å²) in [6, 6.07) is 35.1. The molecule has 34 heavy (non-hydrogen) atoms. The number of para-hydroxylation sites is 2. The van der Waals surface area contributed by atoms with Crippen molar-refractivity contribution in [3.05, 3.63) is 108 Å². The van der Waals surface area contributed by atoms with Gasteiger partial charge in [-0.05, 0) is 64.8 Å². The molecule has 0 amide bonds. The zero-order chi connectivity index (χ0) is 23.9. The quantitative estimate of drug-likeness (QED) is 0.275. The van der Waals surface area contributed by atoms with Crippen LogP contribution in [0.25, 0.3) is 0 Å². The molecule has 2 nitrogen and oxygen atoms in total. The zero-order valence-electron chi connectivity index (χ0n) is 20.4. The molecule has 4 rings (SSSR count). The molecule has 0 bridgehead atoms. The van der Waals surface area contributed by atoms with Crippen molar-refractivity contribution in [2.45, 2.75) is 13.8 Å². The molecule has 4 aromatic carbocycles. The first-order chi connectivity index (χ1) is 16.6. The van der Waals surface area contributed by atoms with Gasteiger partial charge in [0.15, 0.2) is 0 Å². The minimum absolute atomic E-state index is 0.573. The van der Waals surface area contributed by atoms with E-state index in [0.717, 1.165) is 23.8 Å². The van der Waals surface area contributed by atoms with Gasteiger partial charge in [0, 0.05) is 10.6 Å². The number of benzene rings is 4. The van der Waals surface area contributed by atoms with E-state index in [1.54, 1.807) is 14.2 Å². The Morgan fingerprint density at radius 3 is 1.21 bits per heavy atom. The monoisotopic (exact) mass is 486 g/mol. The van der Waals surface area contributed by atoms with Crippen molar-refractivity contribution in [3.63, 3.8) is 0 Å². The summed E-state index contributed by atoms with van der Waals surface area (Å²) in [4.78, 5) is 0. The maximum Gasteiger partial charge on any atom is 0.126 e. The molecule has 2 unspecified atom stereocenters. The maximum atomic E-state index is 5.80. The van der Waals surface area contributed by atoms with Gasteiger partial charge in [0.2, 0.25) is 0 Å². The minimum Gasteiger partial charge on any atom is -0.496 e. The molecular weight excluding hydrogens is 454 g/mol. The van der Waals surface area contributed by atoms with E-state index in [1.165, 1.54) is 32.3 Å². The van der Waals surface area contributed by atoms with Crippen LogP contribution in [0.15, 0.2) is 97.1 Å². The minimum atomic E-state index is -0.573. The van der Waals surface area contributed by atoms with E-state index in [1.807, 2.05) is 0 Å². The lowest BCUT2D eigenvalue weighted by Crippen LogP contribution is -2.21. The molecule has 0 aliphatic heterocycles. The Balaban J connectivity index is 1.74. The molecule has 4 aromatic rings. The number of hydrogen-bond donors (Lipinski definition) is 0. The lowest BCUT2D eigenvalue weighted by atomic mass is 10.2. The lowest BCUT2D eigenvalue weighted by molar-refractivity contribution is 0.418. The van der Waals surface area contributed by atoms with Crippen LogP contribution in [0, 0.1) is 13.8 Å². The predicted molar refractivity (Wildman–Crippen MR) is 150 cm³/mol. The zero-order valence-corrected chi connectivity index (χ0v) is 22.2. The summed E-state index contributed by atoms with van der Waals surface area (Å²) < 4.78 is 11.6. The van der Waals surface area contributed by atoms with Crippen molar-refractivity contribution < 1.29 is 9.47 Å². The molecule has 0 radical (unpaired) electrons. The van der Waals surface area contributed by atoms with Crippen molar-refractivity contribution in [2.75, 3.05) is 26.5 Å². The molecule has 2 atom stereocenters. The van der Waals surface area contributed by atoms with Crippen molar-refractivity contribution in [3.8, 4) is 11.5 Å². The van der Waals surface area contributed by atoms with Crippen LogP contribution in [0.1, 0.15) is 11.1 Å². The lowest BCUT2D eigenvalue weighted by Gasteiger charge is -2.26. The molecule has 0 N–H and O–H groups in total. The second kappa shape index (κ2) is 11.7. The number of rotatable bonds is 9. The fraction of sp³-hybridized carbons (Fsp3) is 0.200. The molecule has 4 heteroatoms. The molecule has 0 spiro atoms. The third-order valence-corrected chi connectivity index (χ3v) is 11.4. The highest BCUT2D eigenvalue weighted by Crippen LogP contribution is 2.44. The first-order valence-corrected chi connectivity index (χ1v) is 14.6. The van der Waals surface area contributed by atoms with Crippen LogP contribution in [0.5, 0.6) is 11.5 Å². The fourth-order valence-corrected chi connectivity index (χ4v) is 9.70. The topological polar surface area (TPSA) is 18.5 Å². The van der Waals surface area contributed by atoms with Gasteiger partial charge < -0.3 is 9.47 Å². The number of methoxy groups -OCH3 is 2. The van der Waals surface area contributed by atoms with Crippen LogP contribution in [-0.2, 0) is 0 Å². The SMILES string of the molecule is COc1ccccc1P(CCP(c1ccc(C)cc1)c1ccccc1OC)c1ccc(C)cc1.